The van der Waals surface area contributed by atoms with Crippen LogP contribution in [0.1, 0.15) is 86.5 Å². The van der Waals surface area contributed by atoms with Crippen molar-refractivity contribution in [3.63, 3.8) is 0 Å². The highest BCUT2D eigenvalue weighted by Gasteiger charge is 2.37. The van der Waals surface area contributed by atoms with Crippen molar-refractivity contribution >= 4 is 0 Å². The molecule has 1 aliphatic carbocycles. The van der Waals surface area contributed by atoms with E-state index in [4.69, 9.17) is 4.74 Å². The third-order valence-electron chi connectivity index (χ3n) is 9.16. The third-order valence-corrected chi connectivity index (χ3v) is 9.16. The van der Waals surface area contributed by atoms with Crippen LogP contribution in [-0.2, 0) is 23.7 Å². The van der Waals surface area contributed by atoms with Crippen LogP contribution < -0.4 is 4.74 Å². The van der Waals surface area contributed by atoms with Gasteiger partial charge in [-0.1, -0.05) is 44.0 Å². The Morgan fingerprint density at radius 1 is 0.667 bits per heavy atom. The zero-order valence-corrected chi connectivity index (χ0v) is 27.7. The molecule has 1 saturated carbocycles. The van der Waals surface area contributed by atoms with Gasteiger partial charge in [0, 0.05) is 29.7 Å². The van der Waals surface area contributed by atoms with Gasteiger partial charge in [-0.25, -0.2) is 26.3 Å². The van der Waals surface area contributed by atoms with Crippen LogP contribution in [0, 0.1) is 34.9 Å². The molecule has 2 nitrogen and oxygen atoms in total. The van der Waals surface area contributed by atoms with Gasteiger partial charge in [0.05, 0.1) is 11.7 Å². The second kappa shape index (κ2) is 16.1. The van der Waals surface area contributed by atoms with E-state index in [-0.39, 0.29) is 29.9 Å². The molecule has 0 spiro atoms. The number of ether oxygens (including phenoxy) is 2. The largest absolute Gasteiger partial charge is 0.429 e. The number of rotatable bonds is 14. The van der Waals surface area contributed by atoms with Crippen molar-refractivity contribution < 1.29 is 53.4 Å². The molecule has 51 heavy (non-hydrogen) atoms. The van der Waals surface area contributed by atoms with Crippen molar-refractivity contribution in [2.24, 2.45) is 0 Å². The standard InChI is InChI=1S/C39H36F10O2/c1-2-3-4-5-23-6-11-27(12-7-23)39(48,49)51-29-21-33(41)31(34(42)22-29)16-17-38(46,47)50-28-13-8-24(9-14-28)25-10-15-30(32(40)18-25)26-19-35(43)37(45)36(44)20-26/h6-7,10-12,15,18-22,24,28H,2-5,8-9,13-14,16-17H2,1H3. The molecule has 4 aromatic carbocycles. The minimum Gasteiger partial charge on any atom is -0.429 e. The van der Waals surface area contributed by atoms with E-state index in [1.807, 2.05) is 6.92 Å². The maximum absolute atomic E-state index is 14.9. The summed E-state index contributed by atoms with van der Waals surface area (Å²) in [6.45, 7) is 2.05. The summed E-state index contributed by atoms with van der Waals surface area (Å²) in [6.07, 6.45) is -5.78. The lowest BCUT2D eigenvalue weighted by atomic mass is 9.82. The van der Waals surface area contributed by atoms with Crippen molar-refractivity contribution in [3.05, 3.63) is 124 Å². The molecule has 274 valence electrons. The molecular weight excluding hydrogens is 690 g/mol. The molecular formula is C39H36F10O2. The second-order valence-corrected chi connectivity index (χ2v) is 12.9. The Hall–Kier alpha value is -4.06. The van der Waals surface area contributed by atoms with Gasteiger partial charge in [-0.15, -0.1) is 0 Å². The van der Waals surface area contributed by atoms with Gasteiger partial charge < -0.3 is 9.47 Å². The molecule has 0 heterocycles. The number of alkyl halides is 4. The molecule has 1 fully saturated rings. The fourth-order valence-electron chi connectivity index (χ4n) is 6.35. The first-order chi connectivity index (χ1) is 24.2. The molecule has 5 rings (SSSR count). The molecule has 4 aromatic rings. The van der Waals surface area contributed by atoms with Gasteiger partial charge in [0.15, 0.2) is 17.5 Å². The lowest BCUT2D eigenvalue weighted by Crippen LogP contribution is -2.31. The van der Waals surface area contributed by atoms with Crippen LogP contribution >= 0.6 is 0 Å². The molecule has 0 saturated heterocycles. The van der Waals surface area contributed by atoms with E-state index in [2.05, 4.69) is 4.74 Å². The van der Waals surface area contributed by atoms with E-state index in [1.165, 1.54) is 36.4 Å². The summed E-state index contributed by atoms with van der Waals surface area (Å²) in [6, 6.07) is 11.9. The summed E-state index contributed by atoms with van der Waals surface area (Å²) in [5.41, 5.74) is -0.168. The van der Waals surface area contributed by atoms with Gasteiger partial charge in [-0.2, -0.15) is 17.6 Å². The average Bonchev–Trinajstić information content (AvgIpc) is 3.07. The normalized spacial score (nSPS) is 16.8. The number of halogens is 10. The highest BCUT2D eigenvalue weighted by molar-refractivity contribution is 5.65. The lowest BCUT2D eigenvalue weighted by molar-refractivity contribution is -0.270. The molecule has 12 heteroatoms. The summed E-state index contributed by atoms with van der Waals surface area (Å²) in [4.78, 5) is 0. The molecule has 0 bridgehead atoms. The van der Waals surface area contributed by atoms with Crippen LogP contribution in [0.4, 0.5) is 43.9 Å². The lowest BCUT2D eigenvalue weighted by Gasteiger charge is -2.31. The monoisotopic (exact) mass is 726 g/mol. The Morgan fingerprint density at radius 2 is 1.29 bits per heavy atom. The Labute approximate surface area is 289 Å². The Kier molecular flexibility index (Phi) is 12.0. The zero-order valence-electron chi connectivity index (χ0n) is 27.7. The highest BCUT2D eigenvalue weighted by Crippen LogP contribution is 2.39. The molecule has 0 aliphatic heterocycles. The second-order valence-electron chi connectivity index (χ2n) is 12.9. The fraction of sp³-hybridized carbons (Fsp3) is 0.385. The maximum Gasteiger partial charge on any atom is 0.426 e. The summed E-state index contributed by atoms with van der Waals surface area (Å²) in [5.74, 6) is -9.06. The minimum atomic E-state index is -3.91. The minimum absolute atomic E-state index is 0.139. The molecule has 0 radical (unpaired) electrons. The zero-order chi connectivity index (χ0) is 36.9. The van der Waals surface area contributed by atoms with E-state index >= 15 is 0 Å². The number of hydrogen-bond donors (Lipinski definition) is 0. The quantitative estimate of drug-likeness (QED) is 0.0732. The number of aryl methyl sites for hydroxylation is 1. The van der Waals surface area contributed by atoms with Gasteiger partial charge in [0.2, 0.25) is 0 Å². The maximum atomic E-state index is 14.9. The first-order valence-electron chi connectivity index (χ1n) is 16.8. The van der Waals surface area contributed by atoms with Gasteiger partial charge in [-0.05, 0) is 97.9 Å². The van der Waals surface area contributed by atoms with E-state index in [0.29, 0.717) is 42.7 Å². The van der Waals surface area contributed by atoms with Crippen LogP contribution in [0.25, 0.3) is 11.1 Å². The Morgan fingerprint density at radius 3 is 1.88 bits per heavy atom. The summed E-state index contributed by atoms with van der Waals surface area (Å²) >= 11 is 0. The van der Waals surface area contributed by atoms with Gasteiger partial charge in [-0.3, -0.25) is 0 Å². The van der Waals surface area contributed by atoms with Gasteiger partial charge in [0.25, 0.3) is 0 Å². The number of hydrogen-bond acceptors (Lipinski definition) is 2. The van der Waals surface area contributed by atoms with Gasteiger partial charge >= 0.3 is 12.2 Å². The predicted molar refractivity (Wildman–Crippen MR) is 172 cm³/mol. The van der Waals surface area contributed by atoms with Crippen molar-refractivity contribution in [1.82, 2.24) is 0 Å². The molecule has 0 amide bonds. The molecule has 0 unspecified atom stereocenters. The fourth-order valence-corrected chi connectivity index (χ4v) is 6.35. The number of unbranched alkanes of at least 4 members (excludes halogenated alkanes) is 2. The van der Waals surface area contributed by atoms with Crippen molar-refractivity contribution in [1.29, 1.82) is 0 Å². The Bertz CT molecular complexity index is 1750. The molecule has 0 aromatic heterocycles. The molecule has 1 aliphatic rings. The third kappa shape index (κ3) is 9.64. The van der Waals surface area contributed by atoms with Crippen LogP contribution in [0.5, 0.6) is 5.75 Å². The summed E-state index contributed by atoms with van der Waals surface area (Å²) in [7, 11) is 0. The predicted octanol–water partition coefficient (Wildman–Crippen LogP) is 12.3. The number of benzene rings is 4. The average molecular weight is 727 g/mol. The van der Waals surface area contributed by atoms with Crippen molar-refractivity contribution in [2.45, 2.75) is 95.4 Å². The van der Waals surface area contributed by atoms with Crippen LogP contribution in [-0.4, -0.2) is 12.2 Å². The Balaban J connectivity index is 1.13. The molecule has 0 atom stereocenters. The van der Waals surface area contributed by atoms with Crippen LogP contribution in [0.2, 0.25) is 0 Å². The molecule has 0 N–H and O–H groups in total. The first-order valence-corrected chi connectivity index (χ1v) is 16.8. The van der Waals surface area contributed by atoms with E-state index < -0.39 is 82.9 Å². The summed E-state index contributed by atoms with van der Waals surface area (Å²) in [5, 5.41) is 0. The first kappa shape index (κ1) is 38.2. The van der Waals surface area contributed by atoms with E-state index in [1.54, 1.807) is 6.07 Å². The smallest absolute Gasteiger partial charge is 0.426 e. The van der Waals surface area contributed by atoms with Crippen LogP contribution in [0.3, 0.4) is 0 Å². The summed E-state index contributed by atoms with van der Waals surface area (Å²) < 4.78 is 154. The highest BCUT2D eigenvalue weighted by atomic mass is 19.3. The van der Waals surface area contributed by atoms with E-state index in [9.17, 15) is 43.9 Å². The van der Waals surface area contributed by atoms with Crippen molar-refractivity contribution in [2.75, 3.05) is 0 Å². The topological polar surface area (TPSA) is 18.5 Å². The van der Waals surface area contributed by atoms with Gasteiger partial charge in [0.1, 0.15) is 23.2 Å². The van der Waals surface area contributed by atoms with Crippen molar-refractivity contribution in [3.8, 4) is 16.9 Å². The van der Waals surface area contributed by atoms with Crippen LogP contribution in [0.15, 0.2) is 66.7 Å². The van der Waals surface area contributed by atoms with E-state index in [0.717, 1.165) is 31.2 Å². The SMILES string of the molecule is CCCCCc1ccc(C(F)(F)Oc2cc(F)c(CCC(F)(F)OC3CCC(c4ccc(-c5cc(F)c(F)c(F)c5)c(F)c4)CC3)c(F)c2)cc1.